The largest absolute Gasteiger partial charge is 0.343 e. The average molecular weight is 329 g/mol. The van der Waals surface area contributed by atoms with Crippen LogP contribution in [-0.2, 0) is 16.1 Å². The number of hydrogen-bond donors (Lipinski definition) is 1. The summed E-state index contributed by atoms with van der Waals surface area (Å²) in [6, 6.07) is 4.66. The second-order valence-corrected chi connectivity index (χ2v) is 6.52. The Kier molecular flexibility index (Phi) is 5.12. The number of rotatable bonds is 4. The van der Waals surface area contributed by atoms with Gasteiger partial charge in [-0.15, -0.1) is 0 Å². The third-order valence-corrected chi connectivity index (χ3v) is 3.96. The lowest BCUT2D eigenvalue weighted by Crippen LogP contribution is -2.57. The van der Waals surface area contributed by atoms with Crippen molar-refractivity contribution in [1.29, 1.82) is 0 Å². The lowest BCUT2D eigenvalue weighted by atomic mass is 10.0. The fraction of sp³-hybridized carbons (Fsp3) is 0.467. The maximum Gasteiger partial charge on any atom is 0.245 e. The predicted molar refractivity (Wildman–Crippen MR) is 83.3 cm³/mol. The van der Waals surface area contributed by atoms with Crippen molar-refractivity contribution < 1.29 is 9.59 Å². The summed E-state index contributed by atoms with van der Waals surface area (Å²) in [4.78, 5) is 25.8. The number of piperazine rings is 1. The van der Waals surface area contributed by atoms with Crippen molar-refractivity contribution >= 4 is 35.0 Å². The van der Waals surface area contributed by atoms with E-state index in [0.717, 1.165) is 5.56 Å². The van der Waals surface area contributed by atoms with Crippen LogP contribution < -0.4 is 5.32 Å². The number of carbonyl (C=O) groups is 2. The van der Waals surface area contributed by atoms with Crippen LogP contribution in [0.1, 0.15) is 25.8 Å². The van der Waals surface area contributed by atoms with Gasteiger partial charge in [-0.05, 0) is 36.1 Å². The molecule has 21 heavy (non-hydrogen) atoms. The Hall–Kier alpha value is -1.26. The molecule has 0 aliphatic carbocycles. The van der Waals surface area contributed by atoms with Crippen LogP contribution in [-0.4, -0.2) is 29.3 Å². The Labute approximate surface area is 134 Å². The summed E-state index contributed by atoms with van der Waals surface area (Å²) in [6.45, 7) is 4.38. The molecule has 1 aliphatic rings. The summed E-state index contributed by atoms with van der Waals surface area (Å²) >= 11 is 12.1. The first-order valence-electron chi connectivity index (χ1n) is 6.89. The van der Waals surface area contributed by atoms with Gasteiger partial charge in [0.25, 0.3) is 0 Å². The maximum absolute atomic E-state index is 12.4. The molecule has 0 spiro atoms. The molecule has 1 aromatic rings. The van der Waals surface area contributed by atoms with E-state index in [9.17, 15) is 9.59 Å². The highest BCUT2D eigenvalue weighted by Crippen LogP contribution is 2.23. The quantitative estimate of drug-likeness (QED) is 0.923. The first-order chi connectivity index (χ1) is 9.86. The van der Waals surface area contributed by atoms with Gasteiger partial charge < -0.3 is 10.2 Å². The van der Waals surface area contributed by atoms with Gasteiger partial charge in [0, 0.05) is 16.6 Å². The van der Waals surface area contributed by atoms with Crippen LogP contribution in [0.4, 0.5) is 0 Å². The summed E-state index contributed by atoms with van der Waals surface area (Å²) in [5.74, 6) is 0.117. The molecule has 1 unspecified atom stereocenters. The highest BCUT2D eigenvalue weighted by atomic mass is 35.5. The van der Waals surface area contributed by atoms with Crippen LogP contribution in [0.2, 0.25) is 10.0 Å². The number of nitrogens with one attached hydrogen (secondary N) is 1. The zero-order valence-corrected chi connectivity index (χ0v) is 13.5. The minimum atomic E-state index is -0.454. The van der Waals surface area contributed by atoms with Crippen LogP contribution >= 0.6 is 23.2 Å². The van der Waals surface area contributed by atoms with E-state index < -0.39 is 6.04 Å². The second kappa shape index (κ2) is 6.67. The van der Waals surface area contributed by atoms with Gasteiger partial charge in [0.1, 0.15) is 6.04 Å². The topological polar surface area (TPSA) is 49.4 Å². The molecule has 6 heteroatoms. The van der Waals surface area contributed by atoms with Gasteiger partial charge in [0.05, 0.1) is 6.54 Å². The van der Waals surface area contributed by atoms with Gasteiger partial charge in [0.2, 0.25) is 11.8 Å². The zero-order valence-electron chi connectivity index (χ0n) is 12.0. The third-order valence-electron chi connectivity index (χ3n) is 3.36. The monoisotopic (exact) mass is 328 g/mol. The molecule has 1 aromatic carbocycles. The van der Waals surface area contributed by atoms with Gasteiger partial charge >= 0.3 is 0 Å². The molecule has 114 valence electrons. The van der Waals surface area contributed by atoms with Gasteiger partial charge in [-0.25, -0.2) is 0 Å². The standard InChI is InChI=1S/C15H18Cl2N2O2/c1-9(2)5-13-15(21)19(8-14(20)18-13)7-10-6-11(16)3-4-12(10)17/h3-4,6,9,13H,5,7-8H2,1-2H3,(H,18,20). The van der Waals surface area contributed by atoms with E-state index in [1.807, 2.05) is 13.8 Å². The van der Waals surface area contributed by atoms with E-state index in [0.29, 0.717) is 28.9 Å². The third kappa shape index (κ3) is 4.11. The summed E-state index contributed by atoms with van der Waals surface area (Å²) in [5.41, 5.74) is 0.746. The molecule has 0 saturated carbocycles. The lowest BCUT2D eigenvalue weighted by molar-refractivity contribution is -0.145. The highest BCUT2D eigenvalue weighted by Gasteiger charge is 2.33. The Morgan fingerprint density at radius 2 is 2.05 bits per heavy atom. The summed E-state index contributed by atoms with van der Waals surface area (Å²) in [5, 5.41) is 3.85. The van der Waals surface area contributed by atoms with Crippen molar-refractivity contribution in [2.45, 2.75) is 32.9 Å². The number of benzene rings is 1. The summed E-state index contributed by atoms with van der Waals surface area (Å²) in [7, 11) is 0. The normalized spacial score (nSPS) is 19.1. The van der Waals surface area contributed by atoms with Crippen molar-refractivity contribution in [3.63, 3.8) is 0 Å². The molecule has 0 aromatic heterocycles. The van der Waals surface area contributed by atoms with Crippen molar-refractivity contribution in [3.05, 3.63) is 33.8 Å². The van der Waals surface area contributed by atoms with Gasteiger partial charge in [0.15, 0.2) is 0 Å². The second-order valence-electron chi connectivity index (χ2n) is 5.68. The van der Waals surface area contributed by atoms with E-state index in [1.54, 1.807) is 18.2 Å². The molecule has 1 aliphatic heterocycles. The molecule has 4 nitrogen and oxygen atoms in total. The predicted octanol–water partition coefficient (Wildman–Crippen LogP) is 2.87. The molecule has 1 heterocycles. The van der Waals surface area contributed by atoms with Crippen molar-refractivity contribution in [3.8, 4) is 0 Å². The summed E-state index contributed by atoms with van der Waals surface area (Å²) in [6.07, 6.45) is 0.629. The molecule has 1 N–H and O–H groups in total. The van der Waals surface area contributed by atoms with Crippen LogP contribution in [0.15, 0.2) is 18.2 Å². The first kappa shape index (κ1) is 16.1. The number of hydrogen-bond acceptors (Lipinski definition) is 2. The van der Waals surface area contributed by atoms with E-state index in [-0.39, 0.29) is 18.4 Å². The number of carbonyl (C=O) groups excluding carboxylic acids is 2. The smallest absolute Gasteiger partial charge is 0.245 e. The van der Waals surface area contributed by atoms with Crippen molar-refractivity contribution in [2.75, 3.05) is 6.54 Å². The van der Waals surface area contributed by atoms with Gasteiger partial charge in [-0.2, -0.15) is 0 Å². The van der Waals surface area contributed by atoms with Crippen molar-refractivity contribution in [2.24, 2.45) is 5.92 Å². The molecule has 1 saturated heterocycles. The van der Waals surface area contributed by atoms with Gasteiger partial charge in [-0.3, -0.25) is 9.59 Å². The average Bonchev–Trinajstić information content (AvgIpc) is 2.38. The minimum absolute atomic E-state index is 0.0519. The Morgan fingerprint density at radius 3 is 2.71 bits per heavy atom. The molecular formula is C15H18Cl2N2O2. The lowest BCUT2D eigenvalue weighted by Gasteiger charge is -2.33. The van der Waals surface area contributed by atoms with Gasteiger partial charge in [-0.1, -0.05) is 37.0 Å². The van der Waals surface area contributed by atoms with Crippen molar-refractivity contribution in [1.82, 2.24) is 10.2 Å². The Balaban J connectivity index is 2.16. The molecule has 2 rings (SSSR count). The SMILES string of the molecule is CC(C)CC1NC(=O)CN(Cc2cc(Cl)ccc2Cl)C1=O. The molecule has 1 fully saturated rings. The van der Waals surface area contributed by atoms with Crippen LogP contribution in [0.5, 0.6) is 0 Å². The molecule has 0 bridgehead atoms. The van der Waals surface area contributed by atoms with Crippen LogP contribution in [0.3, 0.4) is 0 Å². The first-order valence-corrected chi connectivity index (χ1v) is 7.64. The maximum atomic E-state index is 12.4. The number of nitrogens with zero attached hydrogens (tertiary/aromatic N) is 1. The highest BCUT2D eigenvalue weighted by molar-refractivity contribution is 6.33. The molecule has 1 atom stereocenters. The fourth-order valence-electron chi connectivity index (χ4n) is 2.41. The molecular weight excluding hydrogens is 311 g/mol. The van der Waals surface area contributed by atoms with E-state index in [4.69, 9.17) is 23.2 Å². The minimum Gasteiger partial charge on any atom is -0.343 e. The molecule has 2 amide bonds. The fourth-order valence-corrected chi connectivity index (χ4v) is 2.78. The molecule has 0 radical (unpaired) electrons. The van der Waals surface area contributed by atoms with Crippen LogP contribution in [0, 0.1) is 5.92 Å². The van der Waals surface area contributed by atoms with E-state index >= 15 is 0 Å². The van der Waals surface area contributed by atoms with Crippen LogP contribution in [0.25, 0.3) is 0 Å². The van der Waals surface area contributed by atoms with E-state index in [2.05, 4.69) is 5.32 Å². The zero-order chi connectivity index (χ0) is 15.6. The number of amides is 2. The Bertz CT molecular complexity index is 561. The number of halogens is 2. The van der Waals surface area contributed by atoms with E-state index in [1.165, 1.54) is 4.90 Å². The Morgan fingerprint density at radius 1 is 1.33 bits per heavy atom. The summed E-state index contributed by atoms with van der Waals surface area (Å²) < 4.78 is 0.